The van der Waals surface area contributed by atoms with Crippen LogP contribution in [0.3, 0.4) is 0 Å². The van der Waals surface area contributed by atoms with Crippen LogP contribution in [0.15, 0.2) is 5.38 Å². The average Bonchev–Trinajstić information content (AvgIpc) is 2.62. The van der Waals surface area contributed by atoms with E-state index in [2.05, 4.69) is 4.98 Å². The van der Waals surface area contributed by atoms with Gasteiger partial charge in [-0.3, -0.25) is 4.79 Å². The summed E-state index contributed by atoms with van der Waals surface area (Å²) in [4.78, 5) is 18.3. The summed E-state index contributed by atoms with van der Waals surface area (Å²) in [7, 11) is 1.73. The van der Waals surface area contributed by atoms with Gasteiger partial charge < -0.3 is 10.6 Å². The molecule has 6 heteroatoms. The molecule has 0 spiro atoms. The third-order valence-corrected chi connectivity index (χ3v) is 3.90. The van der Waals surface area contributed by atoms with Gasteiger partial charge in [-0.1, -0.05) is 12.2 Å². The van der Waals surface area contributed by atoms with Gasteiger partial charge in [0.05, 0.1) is 27.6 Å². The van der Waals surface area contributed by atoms with Gasteiger partial charge in [-0.05, 0) is 20.8 Å². The van der Waals surface area contributed by atoms with E-state index in [0.29, 0.717) is 6.54 Å². The fourth-order valence-corrected chi connectivity index (χ4v) is 2.07. The second-order valence-corrected chi connectivity index (χ2v) is 6.01. The van der Waals surface area contributed by atoms with E-state index in [0.717, 1.165) is 10.7 Å². The molecule has 94 valence electrons. The minimum Gasteiger partial charge on any atom is -0.392 e. The number of hydrogen-bond acceptors (Lipinski definition) is 4. The Labute approximate surface area is 111 Å². The molecular weight excluding hydrogens is 254 g/mol. The zero-order valence-electron chi connectivity index (χ0n) is 10.5. The molecule has 2 N–H and O–H groups in total. The van der Waals surface area contributed by atoms with Crippen LogP contribution in [0.5, 0.6) is 0 Å². The normalized spacial score (nSPS) is 11.3. The van der Waals surface area contributed by atoms with Crippen LogP contribution in [0.25, 0.3) is 0 Å². The largest absolute Gasteiger partial charge is 0.392 e. The first kappa shape index (κ1) is 14.1. The Morgan fingerprint density at radius 1 is 1.65 bits per heavy atom. The van der Waals surface area contributed by atoms with Crippen molar-refractivity contribution in [2.24, 2.45) is 11.1 Å². The van der Waals surface area contributed by atoms with E-state index in [1.165, 1.54) is 0 Å². The lowest BCUT2D eigenvalue weighted by atomic mass is 9.92. The monoisotopic (exact) mass is 271 g/mol. The van der Waals surface area contributed by atoms with Crippen LogP contribution in [0.4, 0.5) is 0 Å². The third kappa shape index (κ3) is 3.23. The molecule has 0 bridgehead atoms. The predicted octanol–water partition coefficient (Wildman–Crippen LogP) is 1.72. The standard InChI is InChI=1S/C11H17N3OS2/c1-7-13-8(6-17-7)5-14(4)10(15)11(2,3)9(12)16/h6H,5H2,1-4H3,(H2,12,16). The number of amides is 1. The lowest BCUT2D eigenvalue weighted by molar-refractivity contribution is -0.136. The van der Waals surface area contributed by atoms with E-state index in [1.807, 2.05) is 12.3 Å². The highest BCUT2D eigenvalue weighted by molar-refractivity contribution is 7.80. The maximum atomic E-state index is 12.2. The molecule has 1 heterocycles. The van der Waals surface area contributed by atoms with E-state index in [4.69, 9.17) is 18.0 Å². The van der Waals surface area contributed by atoms with Crippen molar-refractivity contribution in [1.82, 2.24) is 9.88 Å². The smallest absolute Gasteiger partial charge is 0.235 e. The lowest BCUT2D eigenvalue weighted by Crippen LogP contribution is -2.45. The summed E-state index contributed by atoms with van der Waals surface area (Å²) in [5.74, 6) is -0.0874. The lowest BCUT2D eigenvalue weighted by Gasteiger charge is -2.27. The molecule has 17 heavy (non-hydrogen) atoms. The maximum absolute atomic E-state index is 12.2. The Hall–Kier alpha value is -1.01. The molecule has 4 nitrogen and oxygen atoms in total. The van der Waals surface area contributed by atoms with Gasteiger partial charge >= 0.3 is 0 Å². The topological polar surface area (TPSA) is 59.2 Å². The highest BCUT2D eigenvalue weighted by atomic mass is 32.1. The predicted molar refractivity (Wildman–Crippen MR) is 73.9 cm³/mol. The van der Waals surface area contributed by atoms with Gasteiger partial charge in [-0.15, -0.1) is 11.3 Å². The molecule has 1 rings (SSSR count). The number of thiazole rings is 1. The van der Waals surface area contributed by atoms with Crippen molar-refractivity contribution in [1.29, 1.82) is 0 Å². The number of carbonyl (C=O) groups is 1. The molecule has 0 aromatic carbocycles. The zero-order valence-corrected chi connectivity index (χ0v) is 12.1. The van der Waals surface area contributed by atoms with Crippen molar-refractivity contribution < 1.29 is 4.79 Å². The molecule has 0 radical (unpaired) electrons. The number of rotatable bonds is 4. The minimum atomic E-state index is -0.810. The molecule has 0 aliphatic rings. The van der Waals surface area contributed by atoms with Gasteiger partial charge in [0, 0.05) is 12.4 Å². The minimum absolute atomic E-state index is 0.0874. The van der Waals surface area contributed by atoms with E-state index in [1.54, 1.807) is 37.1 Å². The molecule has 0 saturated carbocycles. The SMILES string of the molecule is Cc1nc(CN(C)C(=O)C(C)(C)C(N)=S)cs1. The third-order valence-electron chi connectivity index (χ3n) is 2.56. The van der Waals surface area contributed by atoms with Crippen LogP contribution in [-0.4, -0.2) is 27.8 Å². The van der Waals surface area contributed by atoms with Crippen molar-refractivity contribution in [3.63, 3.8) is 0 Å². The first-order chi connectivity index (χ1) is 7.75. The van der Waals surface area contributed by atoms with Gasteiger partial charge in [0.2, 0.25) is 5.91 Å². The summed E-state index contributed by atoms with van der Waals surface area (Å²) in [6.45, 7) is 5.89. The summed E-state index contributed by atoms with van der Waals surface area (Å²) < 4.78 is 0. The molecule has 1 aromatic rings. The van der Waals surface area contributed by atoms with Crippen LogP contribution >= 0.6 is 23.6 Å². The second-order valence-electron chi connectivity index (χ2n) is 4.51. The number of nitrogens with two attached hydrogens (primary N) is 1. The van der Waals surface area contributed by atoms with Crippen molar-refractivity contribution in [2.75, 3.05) is 7.05 Å². The Bertz CT molecular complexity index is 440. The van der Waals surface area contributed by atoms with E-state index in [9.17, 15) is 4.79 Å². The molecule has 0 atom stereocenters. The van der Waals surface area contributed by atoms with Crippen molar-refractivity contribution in [2.45, 2.75) is 27.3 Å². The van der Waals surface area contributed by atoms with Crippen LogP contribution in [-0.2, 0) is 11.3 Å². The number of aryl methyl sites for hydroxylation is 1. The van der Waals surface area contributed by atoms with Crippen LogP contribution in [0.2, 0.25) is 0 Å². The quantitative estimate of drug-likeness (QED) is 0.847. The van der Waals surface area contributed by atoms with E-state index in [-0.39, 0.29) is 10.9 Å². The molecule has 0 saturated heterocycles. The number of nitrogens with zero attached hydrogens (tertiary/aromatic N) is 2. The summed E-state index contributed by atoms with van der Waals surface area (Å²) in [5, 5.41) is 2.95. The Morgan fingerprint density at radius 3 is 2.65 bits per heavy atom. The zero-order chi connectivity index (χ0) is 13.2. The number of aromatic nitrogens is 1. The van der Waals surface area contributed by atoms with Gasteiger partial charge in [0.15, 0.2) is 0 Å². The van der Waals surface area contributed by atoms with Crippen LogP contribution in [0, 0.1) is 12.3 Å². The van der Waals surface area contributed by atoms with E-state index < -0.39 is 5.41 Å². The van der Waals surface area contributed by atoms with Gasteiger partial charge in [-0.2, -0.15) is 0 Å². The van der Waals surface area contributed by atoms with Crippen LogP contribution in [0.1, 0.15) is 24.5 Å². The molecule has 0 fully saturated rings. The van der Waals surface area contributed by atoms with Gasteiger partial charge in [-0.25, -0.2) is 4.98 Å². The summed E-state index contributed by atoms with van der Waals surface area (Å²) in [6, 6.07) is 0. The average molecular weight is 271 g/mol. The highest BCUT2D eigenvalue weighted by Gasteiger charge is 2.33. The molecular formula is C11H17N3OS2. The van der Waals surface area contributed by atoms with Crippen molar-refractivity contribution in [3.8, 4) is 0 Å². The van der Waals surface area contributed by atoms with Crippen LogP contribution < -0.4 is 5.73 Å². The summed E-state index contributed by atoms with van der Waals surface area (Å²) >= 11 is 6.48. The Kier molecular flexibility index (Phi) is 4.21. The Balaban J connectivity index is 2.74. The summed E-state index contributed by atoms with van der Waals surface area (Å²) in [6.07, 6.45) is 0. The number of hydrogen-bond donors (Lipinski definition) is 1. The molecule has 0 unspecified atom stereocenters. The van der Waals surface area contributed by atoms with Gasteiger partial charge in [0.25, 0.3) is 0 Å². The first-order valence-corrected chi connectivity index (χ1v) is 6.50. The molecule has 0 aliphatic carbocycles. The van der Waals surface area contributed by atoms with E-state index >= 15 is 0 Å². The number of thiocarbonyl (C=S) groups is 1. The second kappa shape index (κ2) is 5.10. The number of carbonyl (C=O) groups excluding carboxylic acids is 1. The highest BCUT2D eigenvalue weighted by Crippen LogP contribution is 2.20. The molecule has 1 aromatic heterocycles. The molecule has 1 amide bonds. The van der Waals surface area contributed by atoms with Gasteiger partial charge in [0.1, 0.15) is 0 Å². The maximum Gasteiger partial charge on any atom is 0.235 e. The van der Waals surface area contributed by atoms with Crippen molar-refractivity contribution >= 4 is 34.5 Å². The first-order valence-electron chi connectivity index (χ1n) is 5.21. The Morgan fingerprint density at radius 2 is 2.24 bits per heavy atom. The fourth-order valence-electron chi connectivity index (χ4n) is 1.38. The molecule has 0 aliphatic heterocycles. The summed E-state index contributed by atoms with van der Waals surface area (Å²) in [5.41, 5.74) is 5.66. The van der Waals surface area contributed by atoms with Crippen molar-refractivity contribution in [3.05, 3.63) is 16.1 Å². The fraction of sp³-hybridized carbons (Fsp3) is 0.545.